The van der Waals surface area contributed by atoms with Crippen molar-refractivity contribution in [1.29, 1.82) is 0 Å². The second-order valence-electron chi connectivity index (χ2n) is 4.74. The molecule has 0 radical (unpaired) electrons. The average Bonchev–Trinajstić information content (AvgIpc) is 2.89. The summed E-state index contributed by atoms with van der Waals surface area (Å²) in [5, 5.41) is 13.8. The molecule has 1 heterocycles. The molecule has 0 aromatic heterocycles. The molecule has 1 aromatic carbocycles. The van der Waals surface area contributed by atoms with Gasteiger partial charge in [-0.05, 0) is 24.1 Å². The Morgan fingerprint density at radius 2 is 2.06 bits per heavy atom. The zero-order chi connectivity index (χ0) is 12.7. The number of carboxylic acids is 1. The fourth-order valence-electron chi connectivity index (χ4n) is 2.68. The van der Waals surface area contributed by atoms with Gasteiger partial charge in [0, 0.05) is 17.4 Å². The Labute approximate surface area is 109 Å². The fraction of sp³-hybridized carbons (Fsp3) is 0.385. The molecule has 18 heavy (non-hydrogen) atoms. The zero-order valence-corrected chi connectivity index (χ0v) is 10.3. The van der Waals surface area contributed by atoms with Gasteiger partial charge in [0.25, 0.3) is 0 Å². The van der Waals surface area contributed by atoms with Gasteiger partial charge in [0.05, 0.1) is 11.6 Å². The molecule has 0 unspecified atom stereocenters. The van der Waals surface area contributed by atoms with Crippen LogP contribution in [0.5, 0.6) is 0 Å². The van der Waals surface area contributed by atoms with Gasteiger partial charge in [-0.25, -0.2) is 0 Å². The van der Waals surface area contributed by atoms with E-state index in [4.69, 9.17) is 21.5 Å². The Morgan fingerprint density at radius 1 is 1.33 bits per heavy atom. The Bertz CT molecular complexity index is 511. The predicted molar refractivity (Wildman–Crippen MR) is 66.7 cm³/mol. The molecule has 2 aliphatic rings. The van der Waals surface area contributed by atoms with Crippen molar-refractivity contribution in [2.75, 3.05) is 0 Å². The number of carbonyl (C=O) groups is 1. The normalized spacial score (nSPS) is 29.6. The smallest absolute Gasteiger partial charge is 0.306 e. The van der Waals surface area contributed by atoms with Gasteiger partial charge in [-0.2, -0.15) is 0 Å². The Hall–Kier alpha value is -1.55. The third kappa shape index (κ3) is 1.86. The van der Waals surface area contributed by atoms with E-state index >= 15 is 0 Å². The van der Waals surface area contributed by atoms with E-state index in [1.54, 1.807) is 12.1 Å². The predicted octanol–water partition coefficient (Wildman–Crippen LogP) is 2.55. The maximum absolute atomic E-state index is 11.0. The molecule has 0 bridgehead atoms. The summed E-state index contributed by atoms with van der Waals surface area (Å²) in [6.45, 7) is 0. The van der Waals surface area contributed by atoms with Crippen molar-refractivity contribution in [2.24, 2.45) is 17.0 Å². The number of hydrogen-bond acceptors (Lipinski definition) is 3. The molecule has 3 rings (SSSR count). The highest BCUT2D eigenvalue weighted by Crippen LogP contribution is 2.39. The summed E-state index contributed by atoms with van der Waals surface area (Å²) in [7, 11) is 0. The summed E-state index contributed by atoms with van der Waals surface area (Å²) in [6, 6.07) is 7.38. The van der Waals surface area contributed by atoms with E-state index in [9.17, 15) is 4.79 Å². The molecular formula is C13H12ClNO3. The molecule has 5 heteroatoms. The van der Waals surface area contributed by atoms with Gasteiger partial charge in [0.1, 0.15) is 6.10 Å². The van der Waals surface area contributed by atoms with Crippen LogP contribution in [0.4, 0.5) is 0 Å². The SMILES string of the molecule is O=C(O)[C@H]1C[C@@H]2ON=C(c3ccc(Cl)cc3)[C@@H]2C1. The number of fused-ring (bicyclic) bond motifs is 1. The van der Waals surface area contributed by atoms with Crippen LogP contribution in [0, 0.1) is 11.8 Å². The number of nitrogens with zero attached hydrogens (tertiary/aromatic N) is 1. The lowest BCUT2D eigenvalue weighted by Crippen LogP contribution is -2.17. The third-order valence-corrected chi connectivity index (χ3v) is 3.88. The number of oxime groups is 1. The number of hydrogen-bond donors (Lipinski definition) is 1. The summed E-state index contributed by atoms with van der Waals surface area (Å²) in [4.78, 5) is 16.4. The standard InChI is InChI=1S/C13H12ClNO3/c14-9-3-1-7(2-4-9)12-10-5-8(13(16)17)6-11(10)18-15-12/h1-4,8,10-11H,5-6H2,(H,16,17)/t8-,10-,11+/m1/s1. The van der Waals surface area contributed by atoms with Crippen LogP contribution in [0.1, 0.15) is 18.4 Å². The van der Waals surface area contributed by atoms with Gasteiger partial charge in [-0.3, -0.25) is 4.79 Å². The van der Waals surface area contributed by atoms with Crippen LogP contribution in [0.25, 0.3) is 0 Å². The highest BCUT2D eigenvalue weighted by Gasteiger charge is 2.45. The highest BCUT2D eigenvalue weighted by molar-refractivity contribution is 6.30. The van der Waals surface area contributed by atoms with E-state index in [2.05, 4.69) is 5.16 Å². The van der Waals surface area contributed by atoms with Crippen molar-refractivity contribution in [3.05, 3.63) is 34.9 Å². The first-order valence-electron chi connectivity index (χ1n) is 5.87. The van der Waals surface area contributed by atoms with Gasteiger partial charge in [0.15, 0.2) is 0 Å². The monoisotopic (exact) mass is 265 g/mol. The average molecular weight is 266 g/mol. The minimum absolute atomic E-state index is 0.0863. The van der Waals surface area contributed by atoms with Crippen LogP contribution in [0.3, 0.4) is 0 Å². The largest absolute Gasteiger partial charge is 0.481 e. The van der Waals surface area contributed by atoms with E-state index in [0.717, 1.165) is 11.3 Å². The van der Waals surface area contributed by atoms with Crippen LogP contribution >= 0.6 is 11.6 Å². The Kier molecular flexibility index (Phi) is 2.74. The molecule has 0 amide bonds. The van der Waals surface area contributed by atoms with Crippen LogP contribution in [-0.2, 0) is 9.63 Å². The zero-order valence-electron chi connectivity index (χ0n) is 9.54. The summed E-state index contributed by atoms with van der Waals surface area (Å²) in [5.74, 6) is -0.978. The first kappa shape index (κ1) is 11.5. The lowest BCUT2D eigenvalue weighted by molar-refractivity contribution is -0.141. The van der Waals surface area contributed by atoms with E-state index in [1.807, 2.05) is 12.1 Å². The van der Waals surface area contributed by atoms with Gasteiger partial charge in [-0.15, -0.1) is 0 Å². The molecule has 1 fully saturated rings. The second-order valence-corrected chi connectivity index (χ2v) is 5.18. The molecule has 1 aromatic rings. The molecule has 1 aliphatic heterocycles. The van der Waals surface area contributed by atoms with Crippen molar-refractivity contribution in [2.45, 2.75) is 18.9 Å². The van der Waals surface area contributed by atoms with Crippen molar-refractivity contribution in [1.82, 2.24) is 0 Å². The van der Waals surface area contributed by atoms with Crippen molar-refractivity contribution in [3.8, 4) is 0 Å². The topological polar surface area (TPSA) is 58.9 Å². The van der Waals surface area contributed by atoms with E-state index in [-0.39, 0.29) is 17.9 Å². The third-order valence-electron chi connectivity index (χ3n) is 3.63. The molecule has 4 nitrogen and oxygen atoms in total. The van der Waals surface area contributed by atoms with Crippen LogP contribution in [-0.4, -0.2) is 22.9 Å². The molecule has 1 N–H and O–H groups in total. The molecule has 0 spiro atoms. The van der Waals surface area contributed by atoms with E-state index < -0.39 is 5.97 Å². The lowest BCUT2D eigenvalue weighted by atomic mass is 9.94. The summed E-state index contributed by atoms with van der Waals surface area (Å²) < 4.78 is 0. The summed E-state index contributed by atoms with van der Waals surface area (Å²) in [5.41, 5.74) is 1.80. The van der Waals surface area contributed by atoms with Gasteiger partial charge >= 0.3 is 5.97 Å². The molecule has 0 saturated heterocycles. The van der Waals surface area contributed by atoms with Gasteiger partial charge in [0.2, 0.25) is 0 Å². The summed E-state index contributed by atoms with van der Waals surface area (Å²) in [6.07, 6.45) is 1.05. The number of aliphatic carboxylic acids is 1. The van der Waals surface area contributed by atoms with Crippen molar-refractivity contribution >= 4 is 23.3 Å². The number of rotatable bonds is 2. The van der Waals surface area contributed by atoms with Crippen LogP contribution in [0.15, 0.2) is 29.4 Å². The number of benzene rings is 1. The van der Waals surface area contributed by atoms with Gasteiger partial charge in [-0.1, -0.05) is 28.9 Å². The van der Waals surface area contributed by atoms with Crippen molar-refractivity contribution in [3.63, 3.8) is 0 Å². The molecule has 1 aliphatic carbocycles. The first-order chi connectivity index (χ1) is 8.65. The van der Waals surface area contributed by atoms with E-state index in [0.29, 0.717) is 17.9 Å². The molecule has 1 saturated carbocycles. The number of carboxylic acid groups (broad SMARTS) is 1. The number of halogens is 1. The van der Waals surface area contributed by atoms with Crippen LogP contribution in [0.2, 0.25) is 5.02 Å². The summed E-state index contributed by atoms with van der Waals surface area (Å²) >= 11 is 5.85. The second kappa shape index (κ2) is 4.28. The maximum Gasteiger partial charge on any atom is 0.306 e. The minimum Gasteiger partial charge on any atom is -0.481 e. The first-order valence-corrected chi connectivity index (χ1v) is 6.25. The Balaban J connectivity index is 1.83. The van der Waals surface area contributed by atoms with Crippen LogP contribution < -0.4 is 0 Å². The molecular weight excluding hydrogens is 254 g/mol. The minimum atomic E-state index is -0.747. The fourth-order valence-corrected chi connectivity index (χ4v) is 2.81. The molecule has 3 atom stereocenters. The van der Waals surface area contributed by atoms with Crippen molar-refractivity contribution < 1.29 is 14.7 Å². The van der Waals surface area contributed by atoms with Gasteiger partial charge < -0.3 is 9.94 Å². The molecule has 94 valence electrons. The highest BCUT2D eigenvalue weighted by atomic mass is 35.5. The van der Waals surface area contributed by atoms with E-state index in [1.165, 1.54) is 0 Å². The lowest BCUT2D eigenvalue weighted by Gasteiger charge is -2.08. The maximum atomic E-state index is 11.0. The Morgan fingerprint density at radius 3 is 2.72 bits per heavy atom. The quantitative estimate of drug-likeness (QED) is 0.894.